The minimum absolute atomic E-state index is 0.950. The van der Waals surface area contributed by atoms with Crippen molar-refractivity contribution in [3.63, 3.8) is 0 Å². The molecule has 0 aliphatic carbocycles. The molecule has 0 aliphatic rings. The van der Waals surface area contributed by atoms with Crippen molar-refractivity contribution in [2.45, 2.75) is 60.3 Å². The summed E-state index contributed by atoms with van der Waals surface area (Å²) >= 11 is 0. The molecular formula is C36H36N2O. The zero-order valence-electron chi connectivity index (χ0n) is 23.6. The second kappa shape index (κ2) is 10.2. The van der Waals surface area contributed by atoms with Crippen molar-refractivity contribution < 1.29 is 4.42 Å². The molecule has 6 rings (SSSR count). The first-order valence-electron chi connectivity index (χ1n) is 14.1. The molecule has 0 bridgehead atoms. The first kappa shape index (κ1) is 25.2. The minimum Gasteiger partial charge on any atom is -0.456 e. The Labute approximate surface area is 231 Å². The summed E-state index contributed by atoms with van der Waals surface area (Å²) in [7, 11) is 0. The zero-order chi connectivity index (χ0) is 27.1. The van der Waals surface area contributed by atoms with Gasteiger partial charge < -0.3 is 4.42 Å². The van der Waals surface area contributed by atoms with Gasteiger partial charge in [0.05, 0.1) is 5.69 Å². The molecule has 0 aliphatic heterocycles. The van der Waals surface area contributed by atoms with E-state index in [-0.39, 0.29) is 0 Å². The van der Waals surface area contributed by atoms with E-state index >= 15 is 0 Å². The third-order valence-corrected chi connectivity index (χ3v) is 8.39. The number of unbranched alkanes of at least 4 members (excludes halogenated alkanes) is 2. The maximum absolute atomic E-state index is 6.24. The van der Waals surface area contributed by atoms with E-state index in [1.165, 1.54) is 74.7 Å². The van der Waals surface area contributed by atoms with Gasteiger partial charge >= 0.3 is 0 Å². The van der Waals surface area contributed by atoms with Gasteiger partial charge in [-0.05, 0) is 104 Å². The molecule has 3 heteroatoms. The average molecular weight is 513 g/mol. The fourth-order valence-corrected chi connectivity index (χ4v) is 6.09. The van der Waals surface area contributed by atoms with Crippen molar-refractivity contribution in [3.05, 3.63) is 107 Å². The summed E-state index contributed by atoms with van der Waals surface area (Å²) in [6.07, 6.45) is 8.84. The van der Waals surface area contributed by atoms with Crippen LogP contribution in [0.2, 0.25) is 0 Å². The Morgan fingerprint density at radius 2 is 1.41 bits per heavy atom. The van der Waals surface area contributed by atoms with Crippen molar-refractivity contribution in [1.29, 1.82) is 0 Å². The summed E-state index contributed by atoms with van der Waals surface area (Å²) in [6.45, 7) is 11.2. The van der Waals surface area contributed by atoms with Crippen LogP contribution in [0.3, 0.4) is 0 Å². The Hall–Kier alpha value is -4.11. The summed E-state index contributed by atoms with van der Waals surface area (Å²) in [5.41, 5.74) is 13.3. The summed E-state index contributed by atoms with van der Waals surface area (Å²) in [6, 6.07) is 23.8. The van der Waals surface area contributed by atoms with E-state index in [0.717, 1.165) is 29.0 Å². The number of hydrogen-bond acceptors (Lipinski definition) is 2. The third-order valence-electron chi connectivity index (χ3n) is 8.39. The SMILES string of the molecule is CCCCCc1ccc2oc3ccc(-c4c(C)c(C)c(-n5ccnc5-c5ccccc5)c(C)c4C)cc3c2c1. The molecule has 0 atom stereocenters. The zero-order valence-corrected chi connectivity index (χ0v) is 23.6. The van der Waals surface area contributed by atoms with Gasteiger partial charge in [0.2, 0.25) is 0 Å². The van der Waals surface area contributed by atoms with Crippen LogP contribution >= 0.6 is 0 Å². The van der Waals surface area contributed by atoms with Gasteiger partial charge in [0.15, 0.2) is 0 Å². The van der Waals surface area contributed by atoms with E-state index in [0.29, 0.717) is 0 Å². The fraction of sp³-hybridized carbons (Fsp3) is 0.250. The standard InChI is InChI=1S/C36H36N2O/c1-6-7-9-12-27-15-17-32-30(21-27)31-22-29(16-18-33(31)39-32)34-23(2)25(4)35(26(5)24(34)3)38-20-19-37-36(38)28-13-10-8-11-14-28/h8,10-11,13-22H,6-7,9,12H2,1-5H3. The molecule has 4 aromatic carbocycles. The number of hydrogen-bond donors (Lipinski definition) is 0. The van der Waals surface area contributed by atoms with E-state index in [9.17, 15) is 0 Å². The molecule has 0 radical (unpaired) electrons. The second-order valence-electron chi connectivity index (χ2n) is 10.8. The number of aryl methyl sites for hydroxylation is 1. The molecule has 0 fully saturated rings. The predicted octanol–water partition coefficient (Wildman–Crippen LogP) is 10.1. The number of furan rings is 1. The Morgan fingerprint density at radius 3 is 2.13 bits per heavy atom. The van der Waals surface area contributed by atoms with E-state index < -0.39 is 0 Å². The summed E-state index contributed by atoms with van der Waals surface area (Å²) in [5, 5.41) is 2.41. The summed E-state index contributed by atoms with van der Waals surface area (Å²) in [4.78, 5) is 4.73. The minimum atomic E-state index is 0.950. The maximum atomic E-state index is 6.24. The van der Waals surface area contributed by atoms with Gasteiger partial charge in [-0.2, -0.15) is 0 Å². The lowest BCUT2D eigenvalue weighted by molar-refractivity contribution is 0.668. The van der Waals surface area contributed by atoms with Gasteiger partial charge in [0.1, 0.15) is 17.0 Å². The Morgan fingerprint density at radius 1 is 0.718 bits per heavy atom. The Balaban J connectivity index is 1.48. The molecular weight excluding hydrogens is 476 g/mol. The van der Waals surface area contributed by atoms with Crippen LogP contribution in [0, 0.1) is 27.7 Å². The monoisotopic (exact) mass is 512 g/mol. The Bertz CT molecular complexity index is 1770. The first-order chi connectivity index (χ1) is 19.0. The molecule has 0 unspecified atom stereocenters. The predicted molar refractivity (Wildman–Crippen MR) is 164 cm³/mol. The molecule has 6 aromatic rings. The highest BCUT2D eigenvalue weighted by atomic mass is 16.3. The van der Waals surface area contributed by atoms with Crippen LogP contribution in [0.4, 0.5) is 0 Å². The smallest absolute Gasteiger partial charge is 0.144 e. The first-order valence-corrected chi connectivity index (χ1v) is 14.1. The molecule has 3 nitrogen and oxygen atoms in total. The molecule has 0 saturated heterocycles. The van der Waals surface area contributed by atoms with E-state index in [1.807, 2.05) is 12.3 Å². The van der Waals surface area contributed by atoms with Gasteiger partial charge in [-0.1, -0.05) is 62.2 Å². The van der Waals surface area contributed by atoms with E-state index in [1.54, 1.807) is 0 Å². The van der Waals surface area contributed by atoms with Crippen molar-refractivity contribution in [2.24, 2.45) is 0 Å². The lowest BCUT2D eigenvalue weighted by Gasteiger charge is -2.22. The normalized spacial score (nSPS) is 11.6. The van der Waals surface area contributed by atoms with Crippen LogP contribution in [0.1, 0.15) is 54.0 Å². The third kappa shape index (κ3) is 4.36. The van der Waals surface area contributed by atoms with Gasteiger partial charge in [0.25, 0.3) is 0 Å². The Kier molecular flexibility index (Phi) is 6.60. The van der Waals surface area contributed by atoms with Crippen LogP contribution in [-0.2, 0) is 6.42 Å². The van der Waals surface area contributed by atoms with Crippen molar-refractivity contribution in [2.75, 3.05) is 0 Å². The summed E-state index contributed by atoms with van der Waals surface area (Å²) < 4.78 is 8.49. The largest absolute Gasteiger partial charge is 0.456 e. The van der Waals surface area contributed by atoms with Crippen LogP contribution in [-0.4, -0.2) is 9.55 Å². The molecule has 0 saturated carbocycles. The van der Waals surface area contributed by atoms with E-state index in [2.05, 4.69) is 106 Å². The van der Waals surface area contributed by atoms with Crippen molar-refractivity contribution in [3.8, 4) is 28.2 Å². The van der Waals surface area contributed by atoms with Crippen LogP contribution in [0.15, 0.2) is 83.5 Å². The molecule has 0 spiro atoms. The highest BCUT2D eigenvalue weighted by molar-refractivity contribution is 6.06. The number of benzene rings is 4. The molecule has 2 heterocycles. The van der Waals surface area contributed by atoms with Gasteiger partial charge in [0, 0.05) is 28.7 Å². The molecule has 0 amide bonds. The molecule has 196 valence electrons. The number of fused-ring (bicyclic) bond motifs is 3. The molecule has 0 N–H and O–H groups in total. The number of imidazole rings is 1. The van der Waals surface area contributed by atoms with Gasteiger partial charge in [-0.3, -0.25) is 4.57 Å². The van der Waals surface area contributed by atoms with Crippen LogP contribution < -0.4 is 0 Å². The highest BCUT2D eigenvalue weighted by Crippen LogP contribution is 2.40. The summed E-state index contributed by atoms with van der Waals surface area (Å²) in [5.74, 6) is 0.967. The number of rotatable bonds is 7. The van der Waals surface area contributed by atoms with Gasteiger partial charge in [-0.15, -0.1) is 0 Å². The van der Waals surface area contributed by atoms with Crippen molar-refractivity contribution in [1.82, 2.24) is 9.55 Å². The number of aromatic nitrogens is 2. The highest BCUT2D eigenvalue weighted by Gasteiger charge is 2.20. The quantitative estimate of drug-likeness (QED) is 0.199. The topological polar surface area (TPSA) is 31.0 Å². The average Bonchev–Trinajstić information content (AvgIpc) is 3.58. The molecule has 39 heavy (non-hydrogen) atoms. The fourth-order valence-electron chi connectivity index (χ4n) is 6.09. The second-order valence-corrected chi connectivity index (χ2v) is 10.8. The lowest BCUT2D eigenvalue weighted by Crippen LogP contribution is -2.07. The van der Waals surface area contributed by atoms with E-state index in [4.69, 9.17) is 9.40 Å². The lowest BCUT2D eigenvalue weighted by atomic mass is 9.87. The molecule has 2 aromatic heterocycles. The maximum Gasteiger partial charge on any atom is 0.144 e. The van der Waals surface area contributed by atoms with Crippen LogP contribution in [0.5, 0.6) is 0 Å². The number of nitrogens with zero attached hydrogens (tertiary/aromatic N) is 2. The van der Waals surface area contributed by atoms with Crippen molar-refractivity contribution >= 4 is 21.9 Å². The van der Waals surface area contributed by atoms with Crippen LogP contribution in [0.25, 0.3) is 50.1 Å². The van der Waals surface area contributed by atoms with Gasteiger partial charge in [-0.25, -0.2) is 4.98 Å².